The molecule has 2 amide bonds. The smallest absolute Gasteiger partial charge is 0.287 e. The summed E-state index contributed by atoms with van der Waals surface area (Å²) in [6.07, 6.45) is 3.93. The number of furan rings is 1. The molecular weight excluding hydrogens is 318 g/mol. The molecule has 0 unspecified atom stereocenters. The van der Waals surface area contributed by atoms with Crippen molar-refractivity contribution < 1.29 is 14.0 Å². The minimum Gasteiger partial charge on any atom is -0.456 e. The average Bonchev–Trinajstić information content (AvgIpc) is 3.11. The van der Waals surface area contributed by atoms with Gasteiger partial charge in [0.15, 0.2) is 5.76 Å². The lowest BCUT2D eigenvalue weighted by molar-refractivity contribution is -0.128. The molecule has 6 heteroatoms. The van der Waals surface area contributed by atoms with Crippen LogP contribution in [0.4, 0.5) is 0 Å². The second-order valence-electron chi connectivity index (χ2n) is 6.45. The molecule has 6 nitrogen and oxygen atoms in total. The van der Waals surface area contributed by atoms with Gasteiger partial charge in [-0.15, -0.1) is 0 Å². The molecule has 0 radical (unpaired) electrons. The van der Waals surface area contributed by atoms with Crippen LogP contribution in [0.25, 0.3) is 0 Å². The Labute approximate surface area is 147 Å². The molecule has 1 N–H and O–H groups in total. The predicted molar refractivity (Wildman–Crippen MR) is 93.0 cm³/mol. The van der Waals surface area contributed by atoms with E-state index in [1.165, 1.54) is 0 Å². The molecule has 2 atom stereocenters. The number of carbonyl (C=O) groups is 2. The average molecular weight is 341 g/mol. The van der Waals surface area contributed by atoms with Crippen LogP contribution in [0.5, 0.6) is 0 Å². The van der Waals surface area contributed by atoms with E-state index in [9.17, 15) is 9.59 Å². The SMILES string of the molecule is CCN1C(=O)C[C@@H](CNC(=O)c2oc(C)cc2C)[C@@H]1c1cccnc1. The van der Waals surface area contributed by atoms with Gasteiger partial charge >= 0.3 is 0 Å². The third-order valence-corrected chi connectivity index (χ3v) is 4.68. The van der Waals surface area contributed by atoms with E-state index in [4.69, 9.17) is 4.42 Å². The molecule has 0 aromatic carbocycles. The molecule has 1 aliphatic rings. The van der Waals surface area contributed by atoms with Crippen molar-refractivity contribution in [2.24, 2.45) is 5.92 Å². The number of nitrogens with one attached hydrogen (secondary N) is 1. The molecule has 1 aliphatic heterocycles. The van der Waals surface area contributed by atoms with Gasteiger partial charge in [-0.05, 0) is 38.5 Å². The van der Waals surface area contributed by atoms with Gasteiger partial charge in [0.05, 0.1) is 6.04 Å². The van der Waals surface area contributed by atoms with Gasteiger partial charge in [-0.25, -0.2) is 0 Å². The molecule has 3 rings (SSSR count). The molecule has 0 spiro atoms. The third kappa shape index (κ3) is 3.43. The lowest BCUT2D eigenvalue weighted by Gasteiger charge is -2.27. The first kappa shape index (κ1) is 17.2. The number of hydrogen-bond acceptors (Lipinski definition) is 4. The molecule has 2 aromatic heterocycles. The van der Waals surface area contributed by atoms with Gasteiger partial charge in [0, 0.05) is 43.4 Å². The van der Waals surface area contributed by atoms with Gasteiger partial charge in [-0.3, -0.25) is 14.6 Å². The number of amides is 2. The summed E-state index contributed by atoms with van der Waals surface area (Å²) in [5.74, 6) is 0.937. The summed E-state index contributed by atoms with van der Waals surface area (Å²) in [6.45, 7) is 6.69. The van der Waals surface area contributed by atoms with Gasteiger partial charge in [-0.1, -0.05) is 6.07 Å². The van der Waals surface area contributed by atoms with Crippen LogP contribution in [-0.4, -0.2) is 34.8 Å². The van der Waals surface area contributed by atoms with Gasteiger partial charge in [-0.2, -0.15) is 0 Å². The molecular formula is C19H23N3O3. The largest absolute Gasteiger partial charge is 0.456 e. The van der Waals surface area contributed by atoms with Crippen LogP contribution in [0.15, 0.2) is 35.0 Å². The minimum atomic E-state index is -0.238. The van der Waals surface area contributed by atoms with E-state index >= 15 is 0 Å². The number of aryl methyl sites for hydroxylation is 2. The van der Waals surface area contributed by atoms with Crippen LogP contribution < -0.4 is 5.32 Å². The molecule has 2 aromatic rings. The van der Waals surface area contributed by atoms with E-state index < -0.39 is 0 Å². The fraction of sp³-hybridized carbons (Fsp3) is 0.421. The lowest BCUT2D eigenvalue weighted by atomic mass is 9.94. The maximum absolute atomic E-state index is 12.4. The summed E-state index contributed by atoms with van der Waals surface area (Å²) in [5.41, 5.74) is 1.82. The fourth-order valence-electron chi connectivity index (χ4n) is 3.59. The quantitative estimate of drug-likeness (QED) is 0.907. The molecule has 0 saturated carbocycles. The molecule has 0 aliphatic carbocycles. The van der Waals surface area contributed by atoms with Crippen molar-refractivity contribution in [2.45, 2.75) is 33.2 Å². The first-order valence-electron chi connectivity index (χ1n) is 8.56. The van der Waals surface area contributed by atoms with E-state index in [-0.39, 0.29) is 23.8 Å². The molecule has 132 valence electrons. The topological polar surface area (TPSA) is 75.4 Å². The number of aromatic nitrogens is 1. The van der Waals surface area contributed by atoms with Crippen molar-refractivity contribution in [3.63, 3.8) is 0 Å². The Balaban J connectivity index is 1.75. The van der Waals surface area contributed by atoms with Crippen LogP contribution >= 0.6 is 0 Å². The second kappa shape index (κ2) is 7.09. The van der Waals surface area contributed by atoms with Crippen LogP contribution in [0.2, 0.25) is 0 Å². The number of likely N-dealkylation sites (tertiary alicyclic amines) is 1. The lowest BCUT2D eigenvalue weighted by Crippen LogP contribution is -2.34. The van der Waals surface area contributed by atoms with Crippen LogP contribution in [-0.2, 0) is 4.79 Å². The summed E-state index contributed by atoms with van der Waals surface area (Å²) in [7, 11) is 0. The zero-order chi connectivity index (χ0) is 18.0. The second-order valence-corrected chi connectivity index (χ2v) is 6.45. The summed E-state index contributed by atoms with van der Waals surface area (Å²) >= 11 is 0. The van der Waals surface area contributed by atoms with E-state index in [0.29, 0.717) is 31.0 Å². The first-order valence-corrected chi connectivity index (χ1v) is 8.56. The first-order chi connectivity index (χ1) is 12.0. The van der Waals surface area contributed by atoms with Crippen LogP contribution in [0, 0.1) is 19.8 Å². The third-order valence-electron chi connectivity index (χ3n) is 4.68. The summed E-state index contributed by atoms with van der Waals surface area (Å²) in [5, 5.41) is 2.93. The number of rotatable bonds is 5. The predicted octanol–water partition coefficient (Wildman–Crippen LogP) is 2.63. The number of nitrogens with zero attached hydrogens (tertiary/aromatic N) is 2. The van der Waals surface area contributed by atoms with Crippen molar-refractivity contribution in [3.05, 3.63) is 53.2 Å². The van der Waals surface area contributed by atoms with Crippen molar-refractivity contribution in [2.75, 3.05) is 13.1 Å². The van der Waals surface area contributed by atoms with Gasteiger partial charge in [0.2, 0.25) is 5.91 Å². The van der Waals surface area contributed by atoms with Crippen molar-refractivity contribution in [1.82, 2.24) is 15.2 Å². The van der Waals surface area contributed by atoms with E-state index in [0.717, 1.165) is 11.1 Å². The number of pyridine rings is 1. The zero-order valence-corrected chi connectivity index (χ0v) is 14.8. The molecule has 25 heavy (non-hydrogen) atoms. The maximum atomic E-state index is 12.4. The molecule has 1 saturated heterocycles. The Morgan fingerprint density at radius 3 is 2.84 bits per heavy atom. The molecule has 1 fully saturated rings. The Hall–Kier alpha value is -2.63. The van der Waals surface area contributed by atoms with Crippen molar-refractivity contribution >= 4 is 11.8 Å². The van der Waals surface area contributed by atoms with E-state index in [1.54, 1.807) is 12.4 Å². The highest BCUT2D eigenvalue weighted by Gasteiger charge is 2.40. The van der Waals surface area contributed by atoms with Crippen LogP contribution in [0.1, 0.15) is 46.8 Å². The Morgan fingerprint density at radius 2 is 2.24 bits per heavy atom. The van der Waals surface area contributed by atoms with Gasteiger partial charge in [0.1, 0.15) is 5.76 Å². The van der Waals surface area contributed by atoms with E-state index in [2.05, 4.69) is 10.3 Å². The zero-order valence-electron chi connectivity index (χ0n) is 14.8. The van der Waals surface area contributed by atoms with Crippen LogP contribution in [0.3, 0.4) is 0 Å². The fourth-order valence-corrected chi connectivity index (χ4v) is 3.59. The highest BCUT2D eigenvalue weighted by Crippen LogP contribution is 2.37. The molecule has 0 bridgehead atoms. The van der Waals surface area contributed by atoms with Gasteiger partial charge in [0.25, 0.3) is 5.91 Å². The Bertz CT molecular complexity index is 769. The summed E-state index contributed by atoms with van der Waals surface area (Å²) < 4.78 is 5.47. The molecule has 3 heterocycles. The van der Waals surface area contributed by atoms with Crippen molar-refractivity contribution in [3.8, 4) is 0 Å². The normalized spacial score (nSPS) is 20.1. The summed E-state index contributed by atoms with van der Waals surface area (Å²) in [4.78, 5) is 30.8. The standard InChI is InChI=1S/C19H23N3O3/c1-4-22-16(23)9-15(17(22)14-6-5-7-20-10-14)11-21-19(24)18-12(2)8-13(3)25-18/h5-8,10,15,17H,4,9,11H2,1-3H3,(H,21,24)/t15-,17-/m0/s1. The number of carbonyl (C=O) groups excluding carboxylic acids is 2. The Kier molecular flexibility index (Phi) is 4.88. The highest BCUT2D eigenvalue weighted by atomic mass is 16.3. The van der Waals surface area contributed by atoms with Gasteiger partial charge < -0.3 is 14.6 Å². The maximum Gasteiger partial charge on any atom is 0.287 e. The monoisotopic (exact) mass is 341 g/mol. The number of hydrogen-bond donors (Lipinski definition) is 1. The summed E-state index contributed by atoms with van der Waals surface area (Å²) in [6, 6.07) is 5.63. The van der Waals surface area contributed by atoms with E-state index in [1.807, 2.05) is 43.9 Å². The highest BCUT2D eigenvalue weighted by molar-refractivity contribution is 5.93. The minimum absolute atomic E-state index is 0.0111. The van der Waals surface area contributed by atoms with Crippen molar-refractivity contribution in [1.29, 1.82) is 0 Å². The Morgan fingerprint density at radius 1 is 1.44 bits per heavy atom.